The number of amides is 4. The fourth-order valence-corrected chi connectivity index (χ4v) is 3.48. The lowest BCUT2D eigenvalue weighted by Gasteiger charge is -2.37. The van der Waals surface area contributed by atoms with Crippen LogP contribution in [-0.4, -0.2) is 93.5 Å². The van der Waals surface area contributed by atoms with Crippen LogP contribution in [0.3, 0.4) is 0 Å². The van der Waals surface area contributed by atoms with Gasteiger partial charge in [0.2, 0.25) is 0 Å². The number of rotatable bonds is 2. The fourth-order valence-electron chi connectivity index (χ4n) is 3.48. The van der Waals surface area contributed by atoms with Crippen LogP contribution in [0, 0.1) is 0 Å². The highest BCUT2D eigenvalue weighted by atomic mass is 16.6. The number of hydrazine groups is 1. The molecule has 3 rings (SSSR count). The summed E-state index contributed by atoms with van der Waals surface area (Å²) in [6.45, 7) is 7.72. The Morgan fingerprint density at radius 1 is 1.15 bits per heavy atom. The van der Waals surface area contributed by atoms with E-state index in [9.17, 15) is 19.6 Å². The molecule has 2 N–H and O–H groups in total. The summed E-state index contributed by atoms with van der Waals surface area (Å²) < 4.78 is 5.35. The van der Waals surface area contributed by atoms with Crippen molar-refractivity contribution in [2.75, 3.05) is 32.7 Å². The first-order valence-electron chi connectivity index (χ1n) is 8.98. The van der Waals surface area contributed by atoms with Crippen molar-refractivity contribution < 1.29 is 24.3 Å². The van der Waals surface area contributed by atoms with E-state index in [2.05, 4.69) is 5.43 Å². The second-order valence-electron chi connectivity index (χ2n) is 7.96. The average Bonchev–Trinajstić information content (AvgIpc) is 2.78. The van der Waals surface area contributed by atoms with Gasteiger partial charge in [0.15, 0.2) is 0 Å². The normalized spacial score (nSPS) is 26.9. The van der Waals surface area contributed by atoms with E-state index in [1.54, 1.807) is 9.91 Å². The summed E-state index contributed by atoms with van der Waals surface area (Å²) in [5, 5.41) is 12.2. The molecule has 10 nitrogen and oxygen atoms in total. The van der Waals surface area contributed by atoms with Gasteiger partial charge >= 0.3 is 12.1 Å². The Balaban J connectivity index is 1.48. The summed E-state index contributed by atoms with van der Waals surface area (Å²) in [5.41, 5.74) is 2.30. The number of carbonyl (C=O) groups is 3. The predicted molar refractivity (Wildman–Crippen MR) is 90.1 cm³/mol. The Hall–Kier alpha value is -2.07. The molecule has 3 aliphatic heterocycles. The van der Waals surface area contributed by atoms with Crippen molar-refractivity contribution in [1.29, 1.82) is 0 Å². The van der Waals surface area contributed by atoms with E-state index >= 15 is 0 Å². The predicted octanol–water partition coefficient (Wildman–Crippen LogP) is 0.228. The van der Waals surface area contributed by atoms with E-state index in [4.69, 9.17) is 4.74 Å². The first-order chi connectivity index (χ1) is 12.2. The van der Waals surface area contributed by atoms with Gasteiger partial charge in [-0.3, -0.25) is 15.4 Å². The molecule has 4 amide bonds. The Morgan fingerprint density at radius 2 is 1.81 bits per heavy atom. The average molecular weight is 369 g/mol. The number of hydrogen-bond acceptors (Lipinski definition) is 6. The molecule has 0 aromatic heterocycles. The number of nitrogens with zero attached hydrogens (tertiary/aromatic N) is 4. The van der Waals surface area contributed by atoms with E-state index < -0.39 is 17.7 Å². The largest absolute Gasteiger partial charge is 0.444 e. The summed E-state index contributed by atoms with van der Waals surface area (Å²) in [6.07, 6.45) is 0.771. The highest BCUT2D eigenvalue weighted by Gasteiger charge is 2.47. The number of piperazine rings is 1. The van der Waals surface area contributed by atoms with Crippen LogP contribution in [0.2, 0.25) is 0 Å². The molecular weight excluding hydrogens is 342 g/mol. The monoisotopic (exact) mass is 369 g/mol. The molecule has 0 aromatic rings. The van der Waals surface area contributed by atoms with E-state index in [0.29, 0.717) is 45.6 Å². The molecule has 0 aromatic carbocycles. The number of hydrogen-bond donors (Lipinski definition) is 2. The number of carbonyl (C=O) groups excluding carboxylic acids is 3. The van der Waals surface area contributed by atoms with Gasteiger partial charge in [-0.05, 0) is 33.6 Å². The molecule has 0 spiro atoms. The topological polar surface area (TPSA) is 106 Å². The van der Waals surface area contributed by atoms with Gasteiger partial charge in [0.1, 0.15) is 11.6 Å². The molecule has 2 unspecified atom stereocenters. The first kappa shape index (κ1) is 18.7. The number of ether oxygens (including phenoxy) is 1. The zero-order chi connectivity index (χ0) is 19.1. The lowest BCUT2D eigenvalue weighted by molar-refractivity contribution is -0.131. The van der Waals surface area contributed by atoms with Gasteiger partial charge in [-0.15, -0.1) is 0 Å². The molecule has 0 aliphatic carbocycles. The van der Waals surface area contributed by atoms with Crippen LogP contribution in [0.5, 0.6) is 0 Å². The number of piperidine rings is 1. The quantitative estimate of drug-likeness (QED) is 0.675. The lowest BCUT2D eigenvalue weighted by Crippen LogP contribution is -2.59. The van der Waals surface area contributed by atoms with Crippen molar-refractivity contribution in [3.63, 3.8) is 0 Å². The minimum Gasteiger partial charge on any atom is -0.444 e. The van der Waals surface area contributed by atoms with Gasteiger partial charge in [-0.2, -0.15) is 0 Å². The molecule has 2 atom stereocenters. The molecule has 3 saturated heterocycles. The third-order valence-corrected chi connectivity index (χ3v) is 4.85. The van der Waals surface area contributed by atoms with Crippen molar-refractivity contribution in [1.82, 2.24) is 25.3 Å². The Bertz CT molecular complexity index is 584. The van der Waals surface area contributed by atoms with Crippen molar-refractivity contribution in [3.8, 4) is 0 Å². The molecule has 146 valence electrons. The van der Waals surface area contributed by atoms with Crippen LogP contribution < -0.4 is 5.43 Å². The molecule has 0 radical (unpaired) electrons. The highest BCUT2D eigenvalue weighted by Crippen LogP contribution is 2.28. The molecule has 2 bridgehead atoms. The van der Waals surface area contributed by atoms with Crippen molar-refractivity contribution in [2.45, 2.75) is 51.3 Å². The zero-order valence-corrected chi connectivity index (χ0v) is 15.5. The van der Waals surface area contributed by atoms with Crippen molar-refractivity contribution in [3.05, 3.63) is 0 Å². The van der Waals surface area contributed by atoms with Crippen LogP contribution in [0.1, 0.15) is 33.6 Å². The summed E-state index contributed by atoms with van der Waals surface area (Å²) in [4.78, 5) is 39.6. The van der Waals surface area contributed by atoms with E-state index in [1.165, 1.54) is 4.90 Å². The van der Waals surface area contributed by atoms with Gasteiger partial charge in [-0.1, -0.05) is 0 Å². The fraction of sp³-hybridized carbons (Fsp3) is 0.812. The maximum atomic E-state index is 12.6. The summed E-state index contributed by atoms with van der Waals surface area (Å²) in [7, 11) is 0. The van der Waals surface area contributed by atoms with E-state index in [-0.39, 0.29) is 18.0 Å². The zero-order valence-electron chi connectivity index (χ0n) is 15.5. The lowest BCUT2D eigenvalue weighted by atomic mass is 10.0. The van der Waals surface area contributed by atoms with Gasteiger partial charge in [0.25, 0.3) is 5.91 Å². The first-order valence-corrected chi connectivity index (χ1v) is 8.98. The Labute approximate surface area is 152 Å². The second kappa shape index (κ2) is 6.92. The minimum absolute atomic E-state index is 0.219. The van der Waals surface area contributed by atoms with Gasteiger partial charge < -0.3 is 14.5 Å². The molecule has 3 fully saturated rings. The highest BCUT2D eigenvalue weighted by molar-refractivity contribution is 5.88. The summed E-state index contributed by atoms with van der Waals surface area (Å²) in [5.74, 6) is -0.252. The van der Waals surface area contributed by atoms with Crippen LogP contribution in [-0.2, 0) is 9.53 Å². The maximum Gasteiger partial charge on any atom is 0.410 e. The summed E-state index contributed by atoms with van der Waals surface area (Å²) >= 11 is 0. The van der Waals surface area contributed by atoms with E-state index in [0.717, 1.165) is 5.06 Å². The molecule has 0 saturated carbocycles. The van der Waals surface area contributed by atoms with Gasteiger partial charge in [0.05, 0.1) is 6.04 Å². The molecule has 26 heavy (non-hydrogen) atoms. The van der Waals surface area contributed by atoms with Crippen LogP contribution in [0.4, 0.5) is 9.59 Å². The van der Waals surface area contributed by atoms with Crippen LogP contribution in [0.25, 0.3) is 0 Å². The van der Waals surface area contributed by atoms with Crippen LogP contribution in [0.15, 0.2) is 0 Å². The number of fused-ring (bicyclic) bond motifs is 2. The number of nitrogens with one attached hydrogen (secondary N) is 1. The van der Waals surface area contributed by atoms with Gasteiger partial charge in [0, 0.05) is 32.7 Å². The van der Waals surface area contributed by atoms with Gasteiger partial charge in [-0.25, -0.2) is 19.7 Å². The maximum absolute atomic E-state index is 12.6. The minimum atomic E-state index is -0.570. The summed E-state index contributed by atoms with van der Waals surface area (Å²) in [6, 6.07) is -1.30. The molecule has 3 aliphatic rings. The third kappa shape index (κ3) is 3.85. The Kier molecular flexibility index (Phi) is 4.98. The van der Waals surface area contributed by atoms with E-state index in [1.807, 2.05) is 20.8 Å². The smallest absolute Gasteiger partial charge is 0.410 e. The molecule has 10 heteroatoms. The van der Waals surface area contributed by atoms with Crippen molar-refractivity contribution in [2.24, 2.45) is 0 Å². The SMILES string of the molecule is CC(C)(C)OC(=O)N1CCN(NC(=O)C2CCC3CN2C(=O)N3O)CC1. The van der Waals surface area contributed by atoms with Crippen molar-refractivity contribution >= 4 is 18.0 Å². The second-order valence-corrected chi connectivity index (χ2v) is 7.96. The number of urea groups is 1. The molecular formula is C16H27N5O5. The standard InChI is InChI=1S/C16H27N5O5/c1-16(2,3)26-15(24)18-6-8-19(9-7-18)17-13(22)12-5-4-11-10-20(12)14(23)21(11)25/h11-12,25H,4-10H2,1-3H3,(H,17,22). The third-order valence-electron chi connectivity index (χ3n) is 4.85. The number of hydroxylamine groups is 2. The molecule has 3 heterocycles. The Morgan fingerprint density at radius 3 is 2.42 bits per heavy atom. The van der Waals surface area contributed by atoms with Crippen LogP contribution >= 0.6 is 0 Å².